The first-order valence-corrected chi connectivity index (χ1v) is 5.85. The summed E-state index contributed by atoms with van der Waals surface area (Å²) in [5.41, 5.74) is 1.33. The van der Waals surface area contributed by atoms with Gasteiger partial charge in [0, 0.05) is 23.4 Å². The maximum atomic E-state index is 4.49. The van der Waals surface area contributed by atoms with Gasteiger partial charge in [-0.3, -0.25) is 0 Å². The standard InChI is InChI=1S/C8H9BrN2S/c9-8-11-6-3-4-1-2-5(10-4)7(6)12-8/h4-5,10H,1-3H2. The average Bonchev–Trinajstić information content (AvgIpc) is 2.57. The van der Waals surface area contributed by atoms with Crippen LogP contribution >= 0.6 is 27.3 Å². The summed E-state index contributed by atoms with van der Waals surface area (Å²) in [6.45, 7) is 0. The van der Waals surface area contributed by atoms with Crippen molar-refractivity contribution in [1.82, 2.24) is 10.3 Å². The summed E-state index contributed by atoms with van der Waals surface area (Å²) in [5, 5.41) is 3.61. The largest absolute Gasteiger partial charge is 0.306 e. The first kappa shape index (κ1) is 7.47. The third-order valence-corrected chi connectivity index (χ3v) is 4.36. The number of rotatable bonds is 0. The van der Waals surface area contributed by atoms with Crippen LogP contribution in [0.25, 0.3) is 0 Å². The van der Waals surface area contributed by atoms with Crippen LogP contribution in [0, 0.1) is 0 Å². The van der Waals surface area contributed by atoms with Gasteiger partial charge in [0.15, 0.2) is 3.92 Å². The second-order valence-electron chi connectivity index (χ2n) is 3.48. The van der Waals surface area contributed by atoms with Crippen LogP contribution in [0.3, 0.4) is 0 Å². The van der Waals surface area contributed by atoms with Crippen molar-refractivity contribution in [1.29, 1.82) is 0 Å². The molecule has 2 nitrogen and oxygen atoms in total. The molecule has 2 aliphatic heterocycles. The van der Waals surface area contributed by atoms with Gasteiger partial charge in [-0.15, -0.1) is 11.3 Å². The first-order valence-electron chi connectivity index (χ1n) is 4.24. The van der Waals surface area contributed by atoms with E-state index in [4.69, 9.17) is 0 Å². The van der Waals surface area contributed by atoms with Crippen LogP contribution < -0.4 is 5.32 Å². The van der Waals surface area contributed by atoms with Gasteiger partial charge in [0.1, 0.15) is 0 Å². The molecule has 1 aromatic rings. The van der Waals surface area contributed by atoms with Crippen LogP contribution in [0.1, 0.15) is 29.5 Å². The highest BCUT2D eigenvalue weighted by Gasteiger charge is 2.34. The van der Waals surface area contributed by atoms with E-state index in [1.165, 1.54) is 23.4 Å². The van der Waals surface area contributed by atoms with E-state index >= 15 is 0 Å². The van der Waals surface area contributed by atoms with Crippen LogP contribution in [0.2, 0.25) is 0 Å². The Kier molecular flexibility index (Phi) is 1.57. The second kappa shape index (κ2) is 2.53. The smallest absolute Gasteiger partial charge is 0.159 e. The Hall–Kier alpha value is 0.0700. The molecule has 0 aromatic carbocycles. The molecule has 0 spiro atoms. The zero-order valence-electron chi connectivity index (χ0n) is 6.51. The van der Waals surface area contributed by atoms with Crippen molar-refractivity contribution < 1.29 is 0 Å². The third kappa shape index (κ3) is 0.980. The van der Waals surface area contributed by atoms with Crippen molar-refractivity contribution >= 4 is 27.3 Å². The lowest BCUT2D eigenvalue weighted by Gasteiger charge is -2.19. The van der Waals surface area contributed by atoms with Crippen molar-refractivity contribution in [2.24, 2.45) is 0 Å². The van der Waals surface area contributed by atoms with E-state index < -0.39 is 0 Å². The Labute approximate surface area is 83.5 Å². The molecule has 1 saturated heterocycles. The van der Waals surface area contributed by atoms with E-state index in [0.29, 0.717) is 12.1 Å². The van der Waals surface area contributed by atoms with Gasteiger partial charge >= 0.3 is 0 Å². The molecule has 0 radical (unpaired) electrons. The molecule has 1 aromatic heterocycles. The van der Waals surface area contributed by atoms with Crippen molar-refractivity contribution in [2.75, 3.05) is 0 Å². The second-order valence-corrected chi connectivity index (χ2v) is 5.78. The molecule has 3 rings (SSSR count). The number of fused-ring (bicyclic) bond motifs is 4. The molecular formula is C8H9BrN2S. The Morgan fingerprint density at radius 1 is 1.50 bits per heavy atom. The van der Waals surface area contributed by atoms with Gasteiger partial charge in [0.25, 0.3) is 0 Å². The molecule has 2 aliphatic rings. The number of hydrogen-bond donors (Lipinski definition) is 1. The summed E-state index contributed by atoms with van der Waals surface area (Å²) in [5.74, 6) is 0. The minimum Gasteiger partial charge on any atom is -0.306 e. The lowest BCUT2D eigenvalue weighted by atomic mass is 10.1. The minimum atomic E-state index is 0.613. The number of hydrogen-bond acceptors (Lipinski definition) is 3. The van der Waals surface area contributed by atoms with Crippen LogP contribution in [0.4, 0.5) is 0 Å². The van der Waals surface area contributed by atoms with E-state index in [1.54, 1.807) is 11.3 Å². The van der Waals surface area contributed by atoms with Gasteiger partial charge in [-0.2, -0.15) is 0 Å². The molecule has 4 heteroatoms. The summed E-state index contributed by atoms with van der Waals surface area (Å²) in [6, 6.07) is 1.32. The number of halogens is 1. The Bertz CT molecular complexity index is 323. The molecule has 1 N–H and O–H groups in total. The van der Waals surface area contributed by atoms with Crippen molar-refractivity contribution in [2.45, 2.75) is 31.3 Å². The maximum absolute atomic E-state index is 4.49. The first-order chi connectivity index (χ1) is 5.83. The van der Waals surface area contributed by atoms with Crippen LogP contribution in [-0.2, 0) is 6.42 Å². The Balaban J connectivity index is 2.11. The molecule has 1 fully saturated rings. The van der Waals surface area contributed by atoms with Crippen molar-refractivity contribution in [3.8, 4) is 0 Å². The van der Waals surface area contributed by atoms with E-state index in [-0.39, 0.29) is 0 Å². The van der Waals surface area contributed by atoms with Gasteiger partial charge in [0.2, 0.25) is 0 Å². The minimum absolute atomic E-state index is 0.613. The highest BCUT2D eigenvalue weighted by molar-refractivity contribution is 9.11. The molecule has 64 valence electrons. The molecule has 3 heterocycles. The summed E-state index contributed by atoms with van der Waals surface area (Å²) in [6.07, 6.45) is 3.76. The molecule has 2 bridgehead atoms. The fourth-order valence-electron chi connectivity index (χ4n) is 2.17. The summed E-state index contributed by atoms with van der Waals surface area (Å²) < 4.78 is 1.04. The highest BCUT2D eigenvalue weighted by Crippen LogP contribution is 2.40. The summed E-state index contributed by atoms with van der Waals surface area (Å²) in [4.78, 5) is 5.96. The molecule has 12 heavy (non-hydrogen) atoms. The van der Waals surface area contributed by atoms with Gasteiger partial charge in [0.05, 0.1) is 5.69 Å². The summed E-state index contributed by atoms with van der Waals surface area (Å²) >= 11 is 5.24. The topological polar surface area (TPSA) is 24.9 Å². The van der Waals surface area contributed by atoms with Crippen molar-refractivity contribution in [3.05, 3.63) is 14.5 Å². The van der Waals surface area contributed by atoms with Crippen LogP contribution in [-0.4, -0.2) is 11.0 Å². The molecule has 2 unspecified atom stereocenters. The number of nitrogens with one attached hydrogen (secondary N) is 1. The van der Waals surface area contributed by atoms with E-state index in [9.17, 15) is 0 Å². The summed E-state index contributed by atoms with van der Waals surface area (Å²) in [7, 11) is 0. The quantitative estimate of drug-likeness (QED) is 0.758. The van der Waals surface area contributed by atoms with Gasteiger partial charge in [-0.05, 0) is 28.8 Å². The average molecular weight is 245 g/mol. The molecule has 2 atom stereocenters. The fourth-order valence-corrected chi connectivity index (χ4v) is 3.82. The van der Waals surface area contributed by atoms with E-state index in [0.717, 1.165) is 10.3 Å². The number of aromatic nitrogens is 1. The lowest BCUT2D eigenvalue weighted by molar-refractivity contribution is 0.515. The molecule has 0 amide bonds. The predicted molar refractivity (Wildman–Crippen MR) is 52.4 cm³/mol. The predicted octanol–water partition coefficient (Wildman–Crippen LogP) is 2.25. The van der Waals surface area contributed by atoms with Crippen LogP contribution in [0.5, 0.6) is 0 Å². The maximum Gasteiger partial charge on any atom is 0.159 e. The SMILES string of the molecule is Brc1nc2c(s1)C1CCC(C2)N1. The molecule has 0 aliphatic carbocycles. The van der Waals surface area contributed by atoms with E-state index in [1.807, 2.05) is 0 Å². The molecular weight excluding hydrogens is 236 g/mol. The van der Waals surface area contributed by atoms with Gasteiger partial charge in [-0.25, -0.2) is 4.98 Å². The zero-order chi connectivity index (χ0) is 8.13. The Morgan fingerprint density at radius 2 is 2.42 bits per heavy atom. The Morgan fingerprint density at radius 3 is 3.33 bits per heavy atom. The van der Waals surface area contributed by atoms with Crippen molar-refractivity contribution in [3.63, 3.8) is 0 Å². The normalized spacial score (nSPS) is 32.1. The monoisotopic (exact) mass is 244 g/mol. The zero-order valence-corrected chi connectivity index (χ0v) is 8.91. The number of thiazole rings is 1. The van der Waals surface area contributed by atoms with Gasteiger partial charge in [-0.1, -0.05) is 0 Å². The lowest BCUT2D eigenvalue weighted by Crippen LogP contribution is -2.30. The number of nitrogens with zero attached hydrogens (tertiary/aromatic N) is 1. The molecule has 0 saturated carbocycles. The highest BCUT2D eigenvalue weighted by atomic mass is 79.9. The van der Waals surface area contributed by atoms with Crippen LogP contribution in [0.15, 0.2) is 3.92 Å². The fraction of sp³-hybridized carbons (Fsp3) is 0.625. The van der Waals surface area contributed by atoms with E-state index in [2.05, 4.69) is 26.2 Å². The van der Waals surface area contributed by atoms with Gasteiger partial charge < -0.3 is 5.32 Å². The third-order valence-electron chi connectivity index (χ3n) is 2.70.